The van der Waals surface area contributed by atoms with E-state index >= 15 is 0 Å². The summed E-state index contributed by atoms with van der Waals surface area (Å²) in [5.41, 5.74) is 1.17. The molecule has 0 saturated carbocycles. The van der Waals surface area contributed by atoms with Gasteiger partial charge in [-0.2, -0.15) is 5.26 Å². The van der Waals surface area contributed by atoms with E-state index in [-0.39, 0.29) is 11.0 Å². The van der Waals surface area contributed by atoms with Gasteiger partial charge in [0.25, 0.3) is 0 Å². The molecule has 2 heterocycles. The Morgan fingerprint density at radius 3 is 2.94 bits per heavy atom. The van der Waals surface area contributed by atoms with Gasteiger partial charge in [-0.1, -0.05) is 11.6 Å². The normalized spacial score (nSPS) is 12.3. The first-order valence-electron chi connectivity index (χ1n) is 5.06. The number of nitrogens with zero attached hydrogens (tertiary/aromatic N) is 5. The van der Waals surface area contributed by atoms with Crippen molar-refractivity contribution < 1.29 is 0 Å². The van der Waals surface area contributed by atoms with Crippen molar-refractivity contribution in [2.24, 2.45) is 5.18 Å². The van der Waals surface area contributed by atoms with Crippen LogP contribution in [0.5, 0.6) is 0 Å². The van der Waals surface area contributed by atoms with Crippen molar-refractivity contribution >= 4 is 38.6 Å². The molecule has 2 rings (SSSR count). The Kier molecular flexibility index (Phi) is 3.59. The third-order valence-electron chi connectivity index (χ3n) is 2.48. The second-order valence-corrected chi connectivity index (χ2v) is 4.63. The topological polar surface area (TPSA) is 83.9 Å². The third-order valence-corrected chi connectivity index (χ3v) is 3.15. The highest BCUT2D eigenvalue weighted by molar-refractivity contribution is 9.10. The number of nitroso groups, excluding NO2 is 1. The number of nitriles is 1. The number of aryl methyl sites for hydroxylation is 1. The van der Waals surface area contributed by atoms with Crippen LogP contribution in [0.2, 0.25) is 5.15 Å². The smallest absolute Gasteiger partial charge is 0.235 e. The molecule has 2 aromatic heterocycles. The molecular weight excluding hydrogens is 322 g/mol. The number of rotatable bonds is 3. The molecule has 8 heteroatoms. The Balaban J connectivity index is 2.80. The molecule has 6 nitrogen and oxygen atoms in total. The fourth-order valence-electron chi connectivity index (χ4n) is 1.74. The monoisotopic (exact) mass is 327 g/mol. The predicted octanol–water partition coefficient (Wildman–Crippen LogP) is 3.20. The summed E-state index contributed by atoms with van der Waals surface area (Å²) in [5.74, 6) is 0.284. The first kappa shape index (κ1) is 12.9. The van der Waals surface area contributed by atoms with Gasteiger partial charge < -0.3 is 4.57 Å². The summed E-state index contributed by atoms with van der Waals surface area (Å²) in [5, 5.41) is 11.9. The highest BCUT2D eigenvalue weighted by Crippen LogP contribution is 2.28. The fourth-order valence-corrected chi connectivity index (χ4v) is 2.47. The summed E-state index contributed by atoms with van der Waals surface area (Å²) < 4.78 is 2.29. The molecule has 0 radical (unpaired) electrons. The van der Waals surface area contributed by atoms with Gasteiger partial charge in [0.15, 0.2) is 11.0 Å². The molecule has 92 valence electrons. The van der Waals surface area contributed by atoms with E-state index in [0.29, 0.717) is 22.2 Å². The molecule has 1 unspecified atom stereocenters. The molecule has 0 bridgehead atoms. The van der Waals surface area contributed by atoms with Crippen molar-refractivity contribution in [1.82, 2.24) is 14.5 Å². The number of aromatic nitrogens is 3. The van der Waals surface area contributed by atoms with E-state index in [4.69, 9.17) is 16.9 Å². The molecular formula is C10H7BrClN5O. The Morgan fingerprint density at radius 2 is 2.39 bits per heavy atom. The quantitative estimate of drug-likeness (QED) is 0.639. The lowest BCUT2D eigenvalue weighted by atomic mass is 10.3. The first-order valence-corrected chi connectivity index (χ1v) is 6.23. The average molecular weight is 329 g/mol. The van der Waals surface area contributed by atoms with Crippen LogP contribution in [0, 0.1) is 16.2 Å². The van der Waals surface area contributed by atoms with E-state index in [2.05, 4.69) is 31.1 Å². The maximum absolute atomic E-state index is 10.6. The Labute approximate surface area is 116 Å². The molecule has 0 aliphatic heterocycles. The molecule has 0 spiro atoms. The van der Waals surface area contributed by atoms with Gasteiger partial charge in [-0.3, -0.25) is 0 Å². The number of hydrogen-bond donors (Lipinski definition) is 0. The van der Waals surface area contributed by atoms with E-state index in [1.54, 1.807) is 16.7 Å². The number of fused-ring (bicyclic) bond motifs is 1. The van der Waals surface area contributed by atoms with Crippen molar-refractivity contribution in [3.05, 3.63) is 26.6 Å². The van der Waals surface area contributed by atoms with Gasteiger partial charge in [0.05, 0.1) is 5.52 Å². The second kappa shape index (κ2) is 5.00. The largest absolute Gasteiger partial charge is 0.325 e. The Hall–Kier alpha value is -1.52. The maximum atomic E-state index is 10.6. The minimum Gasteiger partial charge on any atom is -0.325 e. The summed E-state index contributed by atoms with van der Waals surface area (Å²) in [6.07, 6.45) is 0. The SMILES string of the molecule is CCn1c(C(C#N)N=O)nc2c(Cl)nc(Br)cc21. The lowest BCUT2D eigenvalue weighted by Crippen LogP contribution is -2.04. The van der Waals surface area contributed by atoms with Crippen LogP contribution in [0.3, 0.4) is 0 Å². The van der Waals surface area contributed by atoms with E-state index in [9.17, 15) is 4.91 Å². The van der Waals surface area contributed by atoms with Gasteiger partial charge in [-0.25, -0.2) is 9.97 Å². The van der Waals surface area contributed by atoms with Gasteiger partial charge >= 0.3 is 0 Å². The van der Waals surface area contributed by atoms with Gasteiger partial charge in [0.1, 0.15) is 16.2 Å². The van der Waals surface area contributed by atoms with Gasteiger partial charge in [0.2, 0.25) is 6.04 Å². The van der Waals surface area contributed by atoms with Crippen LogP contribution in [0.25, 0.3) is 11.0 Å². The Bertz CT molecular complexity index is 662. The Morgan fingerprint density at radius 1 is 1.67 bits per heavy atom. The first-order chi connectivity index (χ1) is 8.62. The van der Waals surface area contributed by atoms with Crippen molar-refractivity contribution in [2.75, 3.05) is 0 Å². The number of hydrogen-bond acceptors (Lipinski definition) is 5. The van der Waals surface area contributed by atoms with Gasteiger partial charge in [-0.15, -0.1) is 4.91 Å². The molecule has 0 aliphatic rings. The van der Waals surface area contributed by atoms with Gasteiger partial charge in [-0.05, 0) is 34.1 Å². The summed E-state index contributed by atoms with van der Waals surface area (Å²) in [6, 6.07) is 2.39. The predicted molar refractivity (Wildman–Crippen MR) is 70.1 cm³/mol. The zero-order valence-electron chi connectivity index (χ0n) is 9.26. The van der Waals surface area contributed by atoms with Crippen molar-refractivity contribution in [3.63, 3.8) is 0 Å². The number of pyridine rings is 1. The molecule has 18 heavy (non-hydrogen) atoms. The number of halogens is 2. The van der Waals surface area contributed by atoms with Crippen molar-refractivity contribution in [1.29, 1.82) is 5.26 Å². The third kappa shape index (κ3) is 1.98. The minimum atomic E-state index is -1.15. The molecule has 0 aliphatic carbocycles. The molecule has 0 saturated heterocycles. The van der Waals surface area contributed by atoms with Crippen LogP contribution < -0.4 is 0 Å². The summed E-state index contributed by atoms with van der Waals surface area (Å²) >= 11 is 9.23. The molecule has 2 aromatic rings. The standard InChI is InChI=1S/C10H7BrClN5O/c1-2-17-6-3-7(11)14-9(12)8(6)15-10(17)5(4-13)16-18/h3,5H,2H2,1H3. The second-order valence-electron chi connectivity index (χ2n) is 3.45. The van der Waals surface area contributed by atoms with E-state index in [1.807, 2.05) is 6.92 Å². The van der Waals surface area contributed by atoms with Gasteiger partial charge in [0, 0.05) is 6.54 Å². The summed E-state index contributed by atoms with van der Waals surface area (Å²) in [7, 11) is 0. The van der Waals surface area contributed by atoms with E-state index in [1.165, 1.54) is 0 Å². The van der Waals surface area contributed by atoms with Crippen LogP contribution in [-0.2, 0) is 6.54 Å². The highest BCUT2D eigenvalue weighted by Gasteiger charge is 2.21. The van der Waals surface area contributed by atoms with Crippen LogP contribution in [0.15, 0.2) is 15.8 Å². The maximum Gasteiger partial charge on any atom is 0.235 e. The molecule has 0 amide bonds. The molecule has 1 atom stereocenters. The lowest BCUT2D eigenvalue weighted by Gasteiger charge is -2.05. The van der Waals surface area contributed by atoms with E-state index < -0.39 is 6.04 Å². The van der Waals surface area contributed by atoms with Crippen molar-refractivity contribution in [2.45, 2.75) is 19.5 Å². The highest BCUT2D eigenvalue weighted by atomic mass is 79.9. The fraction of sp³-hybridized carbons (Fsp3) is 0.300. The number of imidazole rings is 1. The van der Waals surface area contributed by atoms with Crippen LogP contribution >= 0.6 is 27.5 Å². The molecule has 0 aromatic carbocycles. The minimum absolute atomic E-state index is 0.218. The molecule has 0 N–H and O–H groups in total. The lowest BCUT2D eigenvalue weighted by molar-refractivity contribution is 0.686. The average Bonchev–Trinajstić information content (AvgIpc) is 2.69. The van der Waals surface area contributed by atoms with Crippen LogP contribution in [0.1, 0.15) is 18.8 Å². The zero-order chi connectivity index (χ0) is 13.3. The molecule has 0 fully saturated rings. The van der Waals surface area contributed by atoms with Crippen molar-refractivity contribution in [3.8, 4) is 6.07 Å². The van der Waals surface area contributed by atoms with E-state index in [0.717, 1.165) is 0 Å². The van der Waals surface area contributed by atoms with Crippen LogP contribution in [-0.4, -0.2) is 14.5 Å². The summed E-state index contributed by atoms with van der Waals surface area (Å²) in [6.45, 7) is 2.43. The zero-order valence-corrected chi connectivity index (χ0v) is 11.6. The van der Waals surface area contributed by atoms with Crippen LogP contribution in [0.4, 0.5) is 0 Å². The summed E-state index contributed by atoms with van der Waals surface area (Å²) in [4.78, 5) is 18.9.